The largest absolute Gasteiger partial charge is 0.497 e. The van der Waals surface area contributed by atoms with Crippen LogP contribution in [0.15, 0.2) is 66.0 Å². The monoisotopic (exact) mass is 415 g/mol. The SMILES string of the molecule is COc1ccc(-n2cnc3c(sc4ncnc(Nc5ccc(C)cc5)c43)c2=O)cc1. The molecular formula is C22H17N5O2S. The van der Waals surface area contributed by atoms with Crippen molar-refractivity contribution in [1.82, 2.24) is 19.5 Å². The molecule has 1 N–H and O–H groups in total. The van der Waals surface area contributed by atoms with Crippen LogP contribution in [0.4, 0.5) is 11.5 Å². The quantitative estimate of drug-likeness (QED) is 0.467. The molecule has 7 nitrogen and oxygen atoms in total. The van der Waals surface area contributed by atoms with Gasteiger partial charge < -0.3 is 10.1 Å². The van der Waals surface area contributed by atoms with Crippen molar-refractivity contribution in [3.63, 3.8) is 0 Å². The lowest BCUT2D eigenvalue weighted by Gasteiger charge is -2.08. The molecule has 2 aromatic carbocycles. The molecule has 0 saturated heterocycles. The standard InChI is InChI=1S/C22H17N5O2S/c1-13-3-5-14(6-4-13)26-20-17-18-19(30-21(17)24-11-23-20)22(28)27(12-25-18)15-7-9-16(29-2)10-8-15/h3-12H,1-2H3,(H,23,24,26). The Bertz CT molecular complexity index is 1420. The maximum atomic E-state index is 13.2. The molecule has 0 spiro atoms. The summed E-state index contributed by atoms with van der Waals surface area (Å²) in [7, 11) is 1.61. The molecule has 0 atom stereocenters. The van der Waals surface area contributed by atoms with Crippen LogP contribution >= 0.6 is 11.3 Å². The van der Waals surface area contributed by atoms with E-state index in [9.17, 15) is 4.79 Å². The lowest BCUT2D eigenvalue weighted by Crippen LogP contribution is -2.17. The van der Waals surface area contributed by atoms with Gasteiger partial charge in [-0.2, -0.15) is 0 Å². The number of aryl methyl sites for hydroxylation is 1. The molecule has 0 bridgehead atoms. The molecule has 0 saturated carbocycles. The number of thiophene rings is 1. The molecule has 0 aliphatic heterocycles. The summed E-state index contributed by atoms with van der Waals surface area (Å²) in [6, 6.07) is 15.3. The molecule has 5 rings (SSSR count). The summed E-state index contributed by atoms with van der Waals surface area (Å²) in [5.41, 5.74) is 3.26. The summed E-state index contributed by atoms with van der Waals surface area (Å²) in [5.74, 6) is 1.36. The van der Waals surface area contributed by atoms with Gasteiger partial charge in [-0.25, -0.2) is 15.0 Å². The van der Waals surface area contributed by atoms with E-state index < -0.39 is 0 Å². The van der Waals surface area contributed by atoms with Gasteiger partial charge in [-0.1, -0.05) is 17.7 Å². The number of ether oxygens (including phenoxy) is 1. The van der Waals surface area contributed by atoms with E-state index in [1.807, 2.05) is 55.5 Å². The van der Waals surface area contributed by atoms with E-state index in [-0.39, 0.29) is 5.56 Å². The van der Waals surface area contributed by atoms with E-state index in [1.165, 1.54) is 27.8 Å². The van der Waals surface area contributed by atoms with Crippen LogP contribution in [-0.4, -0.2) is 26.6 Å². The first-order valence-electron chi connectivity index (χ1n) is 9.27. The zero-order valence-corrected chi connectivity index (χ0v) is 17.1. The Hall–Kier alpha value is -3.78. The summed E-state index contributed by atoms with van der Waals surface area (Å²) in [4.78, 5) is 27.3. The van der Waals surface area contributed by atoms with Gasteiger partial charge in [0, 0.05) is 5.69 Å². The van der Waals surface area contributed by atoms with Gasteiger partial charge in [0.1, 0.15) is 39.3 Å². The first kappa shape index (κ1) is 18.3. The lowest BCUT2D eigenvalue weighted by atomic mass is 10.2. The fourth-order valence-electron chi connectivity index (χ4n) is 3.26. The van der Waals surface area contributed by atoms with Crippen molar-refractivity contribution in [3.8, 4) is 11.4 Å². The van der Waals surface area contributed by atoms with Crippen molar-refractivity contribution >= 4 is 43.3 Å². The van der Waals surface area contributed by atoms with E-state index in [0.717, 1.165) is 22.5 Å². The molecule has 30 heavy (non-hydrogen) atoms. The average molecular weight is 415 g/mol. The highest BCUT2D eigenvalue weighted by molar-refractivity contribution is 7.25. The van der Waals surface area contributed by atoms with Crippen LogP contribution in [0, 0.1) is 6.92 Å². The third kappa shape index (κ3) is 3.07. The highest BCUT2D eigenvalue weighted by Gasteiger charge is 2.17. The summed E-state index contributed by atoms with van der Waals surface area (Å²) >= 11 is 1.32. The maximum absolute atomic E-state index is 13.2. The third-order valence-electron chi connectivity index (χ3n) is 4.84. The van der Waals surface area contributed by atoms with Crippen LogP contribution in [0.25, 0.3) is 26.1 Å². The maximum Gasteiger partial charge on any atom is 0.275 e. The minimum Gasteiger partial charge on any atom is -0.497 e. The smallest absolute Gasteiger partial charge is 0.275 e. The lowest BCUT2D eigenvalue weighted by molar-refractivity contribution is 0.414. The van der Waals surface area contributed by atoms with Crippen LogP contribution < -0.4 is 15.6 Å². The molecule has 5 aromatic rings. The zero-order chi connectivity index (χ0) is 20.7. The Balaban J connectivity index is 1.65. The molecule has 8 heteroatoms. The van der Waals surface area contributed by atoms with Crippen LogP contribution in [0.3, 0.4) is 0 Å². The van der Waals surface area contributed by atoms with Gasteiger partial charge in [-0.05, 0) is 43.3 Å². The Morgan fingerprint density at radius 2 is 1.77 bits per heavy atom. The van der Waals surface area contributed by atoms with E-state index in [0.29, 0.717) is 20.9 Å². The summed E-state index contributed by atoms with van der Waals surface area (Å²) < 4.78 is 7.25. The van der Waals surface area contributed by atoms with Crippen LogP contribution in [0.2, 0.25) is 0 Å². The van der Waals surface area contributed by atoms with Crippen LogP contribution in [0.1, 0.15) is 5.56 Å². The number of methoxy groups -OCH3 is 1. The predicted octanol–water partition coefficient (Wildman–Crippen LogP) is 4.45. The molecule has 0 amide bonds. The highest BCUT2D eigenvalue weighted by atomic mass is 32.1. The molecule has 0 aliphatic rings. The van der Waals surface area contributed by atoms with Crippen molar-refractivity contribution in [2.45, 2.75) is 6.92 Å². The summed E-state index contributed by atoms with van der Waals surface area (Å²) in [6.07, 6.45) is 3.04. The number of rotatable bonds is 4. The van der Waals surface area contributed by atoms with Gasteiger partial charge in [-0.15, -0.1) is 11.3 Å². The summed E-state index contributed by atoms with van der Waals surface area (Å²) in [6.45, 7) is 2.04. The van der Waals surface area contributed by atoms with Crippen molar-refractivity contribution in [2.75, 3.05) is 12.4 Å². The topological polar surface area (TPSA) is 81.9 Å². The van der Waals surface area contributed by atoms with E-state index >= 15 is 0 Å². The molecule has 0 unspecified atom stereocenters. The Labute approximate surface area is 175 Å². The van der Waals surface area contributed by atoms with Gasteiger partial charge >= 0.3 is 0 Å². The zero-order valence-electron chi connectivity index (χ0n) is 16.3. The van der Waals surface area contributed by atoms with Gasteiger partial charge in [0.15, 0.2) is 0 Å². The number of nitrogens with one attached hydrogen (secondary N) is 1. The number of fused-ring (bicyclic) bond motifs is 3. The van der Waals surface area contributed by atoms with E-state index in [2.05, 4.69) is 20.3 Å². The second-order valence-electron chi connectivity index (χ2n) is 6.79. The Morgan fingerprint density at radius 3 is 2.50 bits per heavy atom. The second kappa shape index (κ2) is 7.23. The molecule has 3 aromatic heterocycles. The summed E-state index contributed by atoms with van der Waals surface area (Å²) in [5, 5.41) is 4.07. The minimum absolute atomic E-state index is 0.144. The van der Waals surface area contributed by atoms with Gasteiger partial charge in [-0.3, -0.25) is 9.36 Å². The van der Waals surface area contributed by atoms with Gasteiger partial charge in [0.05, 0.1) is 18.2 Å². The molecule has 0 radical (unpaired) electrons. The van der Waals surface area contributed by atoms with Gasteiger partial charge in [0.2, 0.25) is 0 Å². The first-order chi connectivity index (χ1) is 14.6. The third-order valence-corrected chi connectivity index (χ3v) is 5.92. The Morgan fingerprint density at radius 1 is 1.00 bits per heavy atom. The Kier molecular flexibility index (Phi) is 4.40. The molecule has 148 valence electrons. The molecule has 3 heterocycles. The average Bonchev–Trinajstić information content (AvgIpc) is 3.16. The predicted molar refractivity (Wildman–Crippen MR) is 119 cm³/mol. The number of aromatic nitrogens is 4. The number of anilines is 2. The molecule has 0 aliphatic carbocycles. The number of nitrogens with zero attached hydrogens (tertiary/aromatic N) is 4. The van der Waals surface area contributed by atoms with Crippen molar-refractivity contribution in [3.05, 3.63) is 77.1 Å². The van der Waals surface area contributed by atoms with Crippen molar-refractivity contribution in [2.24, 2.45) is 0 Å². The highest BCUT2D eigenvalue weighted by Crippen LogP contribution is 2.34. The molecule has 0 fully saturated rings. The van der Waals surface area contributed by atoms with Crippen molar-refractivity contribution in [1.29, 1.82) is 0 Å². The fraction of sp³-hybridized carbons (Fsp3) is 0.0909. The second-order valence-corrected chi connectivity index (χ2v) is 7.79. The van der Waals surface area contributed by atoms with Crippen LogP contribution in [0.5, 0.6) is 5.75 Å². The first-order valence-corrected chi connectivity index (χ1v) is 10.1. The van der Waals surface area contributed by atoms with E-state index in [4.69, 9.17) is 4.74 Å². The van der Waals surface area contributed by atoms with Crippen molar-refractivity contribution < 1.29 is 4.74 Å². The number of benzene rings is 2. The molecular weight excluding hydrogens is 398 g/mol. The van der Waals surface area contributed by atoms with Gasteiger partial charge in [0.25, 0.3) is 5.56 Å². The van der Waals surface area contributed by atoms with Crippen LogP contribution in [-0.2, 0) is 0 Å². The van der Waals surface area contributed by atoms with E-state index in [1.54, 1.807) is 13.4 Å². The normalized spacial score (nSPS) is 11.1. The number of hydrogen-bond donors (Lipinski definition) is 1. The fourth-order valence-corrected chi connectivity index (χ4v) is 4.29. The number of hydrogen-bond acceptors (Lipinski definition) is 7. The minimum atomic E-state index is -0.144.